The highest BCUT2D eigenvalue weighted by atomic mass is 28.1. The summed E-state index contributed by atoms with van der Waals surface area (Å²) in [5, 5.41) is 0. The van der Waals surface area contributed by atoms with E-state index in [1.54, 1.807) is 0 Å². The van der Waals surface area contributed by atoms with Crippen LogP contribution in [0.5, 0.6) is 0 Å². The molecular weight excluding hydrogens is 308 g/mol. The van der Waals surface area contributed by atoms with Crippen LogP contribution in [0.4, 0.5) is 0 Å². The van der Waals surface area contributed by atoms with Gasteiger partial charge >= 0.3 is 0 Å². The molecule has 0 aromatic heterocycles. The summed E-state index contributed by atoms with van der Waals surface area (Å²) in [4.78, 5) is 0. The van der Waals surface area contributed by atoms with Crippen molar-refractivity contribution in [1.82, 2.24) is 0 Å². The molecule has 1 aliphatic carbocycles. The van der Waals surface area contributed by atoms with Gasteiger partial charge in [-0.15, -0.1) is 0 Å². The van der Waals surface area contributed by atoms with Gasteiger partial charge in [-0.3, -0.25) is 0 Å². The van der Waals surface area contributed by atoms with Crippen molar-refractivity contribution in [2.24, 2.45) is 5.92 Å². The molecule has 0 spiro atoms. The molecule has 1 aliphatic rings. The molecule has 0 bridgehead atoms. The topological polar surface area (TPSA) is 9.23 Å². The molecule has 3 rings (SSSR count). The molecule has 0 aliphatic heterocycles. The van der Waals surface area contributed by atoms with Crippen molar-refractivity contribution in [3.8, 4) is 12.0 Å². The van der Waals surface area contributed by atoms with Gasteiger partial charge in [-0.05, 0) is 24.0 Å². The largest absolute Gasteiger partial charge is 0.447 e. The molecule has 0 amide bonds. The smallest absolute Gasteiger partial charge is 0.110 e. The fourth-order valence-corrected chi connectivity index (χ4v) is 4.47. The normalized spacial score (nSPS) is 16.4. The summed E-state index contributed by atoms with van der Waals surface area (Å²) in [5.74, 6) is 4.17. The Morgan fingerprint density at radius 2 is 1.38 bits per heavy atom. The average molecular weight is 335 g/mol. The van der Waals surface area contributed by atoms with E-state index in [0.717, 1.165) is 10.2 Å². The summed E-state index contributed by atoms with van der Waals surface area (Å²) >= 11 is 0. The maximum Gasteiger partial charge on any atom is 0.110 e. The van der Waals surface area contributed by atoms with Gasteiger partial charge in [0.2, 0.25) is 0 Å². The summed E-state index contributed by atoms with van der Waals surface area (Å²) in [6, 6.07) is 21.3. The second-order valence-corrected chi connectivity index (χ2v) is 7.84. The Morgan fingerprint density at radius 1 is 0.833 bits per heavy atom. The number of benzene rings is 2. The van der Waals surface area contributed by atoms with Crippen LogP contribution < -0.4 is 0 Å². The molecule has 2 aromatic carbocycles. The third-order valence-electron chi connectivity index (χ3n) is 4.90. The molecule has 1 unspecified atom stereocenters. The molecule has 124 valence electrons. The zero-order valence-corrected chi connectivity index (χ0v) is 16.4. The van der Waals surface area contributed by atoms with E-state index in [0.29, 0.717) is 5.92 Å². The lowest BCUT2D eigenvalue weighted by molar-refractivity contribution is 0.223. The van der Waals surface area contributed by atoms with Crippen LogP contribution in [0.3, 0.4) is 0 Å². The quantitative estimate of drug-likeness (QED) is 0.605. The Kier molecular flexibility index (Phi) is 6.15. The summed E-state index contributed by atoms with van der Waals surface area (Å²) in [6.45, 7) is 0. The van der Waals surface area contributed by atoms with Gasteiger partial charge in [0.05, 0.1) is 16.0 Å². The van der Waals surface area contributed by atoms with Crippen molar-refractivity contribution >= 4 is 10.2 Å². The fourth-order valence-electron chi connectivity index (χ4n) is 3.58. The van der Waals surface area contributed by atoms with E-state index < -0.39 is 0 Å². The molecule has 2 aromatic rings. The number of hydrogen-bond acceptors (Lipinski definition) is 1. The molecule has 0 heterocycles. The number of rotatable bonds is 4. The number of hydrogen-bond donors (Lipinski definition) is 0. The fraction of sp³-hybridized carbons (Fsp3) is 0.364. The Hall–Kier alpha value is -1.98. The maximum atomic E-state index is 6.02. The Morgan fingerprint density at radius 3 is 1.92 bits per heavy atom. The minimum absolute atomic E-state index is 0.158. The third-order valence-corrected chi connectivity index (χ3v) is 5.80. The highest BCUT2D eigenvalue weighted by molar-refractivity contribution is 6.12. The molecule has 0 N–H and O–H groups in total. The Bertz CT molecular complexity index is 626. The summed E-state index contributed by atoms with van der Waals surface area (Å²) in [6.07, 6.45) is 9.54. The van der Waals surface area contributed by atoms with Gasteiger partial charge < -0.3 is 4.74 Å². The first-order valence-corrected chi connectivity index (χ1v) is 10.3. The van der Waals surface area contributed by atoms with Crippen LogP contribution in [0, 0.1) is 17.9 Å². The second kappa shape index (κ2) is 8.75. The van der Waals surface area contributed by atoms with E-state index >= 15 is 0 Å². The van der Waals surface area contributed by atoms with E-state index in [-0.39, 0.29) is 11.6 Å². The second-order valence-electron chi connectivity index (χ2n) is 6.70. The minimum atomic E-state index is 0.158. The third kappa shape index (κ3) is 4.52. The molecule has 1 atom stereocenters. The lowest BCUT2D eigenvalue weighted by Gasteiger charge is -2.24. The van der Waals surface area contributed by atoms with Gasteiger partial charge in [-0.25, -0.2) is 0 Å². The first-order chi connectivity index (χ1) is 11.8. The van der Waals surface area contributed by atoms with Gasteiger partial charge in [-0.2, -0.15) is 0 Å². The first kappa shape index (κ1) is 16.9. The first-order valence-electron chi connectivity index (χ1n) is 9.10. The molecular formula is C22H26OSi. The Labute approximate surface area is 148 Å². The highest BCUT2D eigenvalue weighted by Crippen LogP contribution is 2.28. The van der Waals surface area contributed by atoms with Crippen molar-refractivity contribution in [2.75, 3.05) is 0 Å². The predicted octanol–water partition coefficient (Wildman–Crippen LogP) is 4.07. The molecule has 2 heteroatoms. The van der Waals surface area contributed by atoms with Gasteiger partial charge in [0.1, 0.15) is 6.11 Å². The lowest BCUT2D eigenvalue weighted by Crippen LogP contribution is -2.22. The van der Waals surface area contributed by atoms with Gasteiger partial charge in [0.25, 0.3) is 0 Å². The maximum absolute atomic E-state index is 6.02. The molecule has 24 heavy (non-hydrogen) atoms. The summed E-state index contributed by atoms with van der Waals surface area (Å²) in [5.41, 5.74) is 2.78. The Balaban J connectivity index is 1.74. The zero-order valence-electron chi connectivity index (χ0n) is 14.4. The van der Waals surface area contributed by atoms with Crippen LogP contribution in [0.25, 0.3) is 0 Å². The minimum Gasteiger partial charge on any atom is -0.447 e. The molecule has 1 nitrogen and oxygen atoms in total. The lowest BCUT2D eigenvalue weighted by atomic mass is 9.90. The van der Waals surface area contributed by atoms with E-state index in [9.17, 15) is 0 Å². The van der Waals surface area contributed by atoms with Gasteiger partial charge in [-0.1, -0.05) is 85.8 Å². The van der Waals surface area contributed by atoms with Crippen LogP contribution in [-0.2, 0) is 4.74 Å². The zero-order chi connectivity index (χ0) is 16.6. The van der Waals surface area contributed by atoms with Crippen molar-refractivity contribution < 1.29 is 4.74 Å². The van der Waals surface area contributed by atoms with Crippen LogP contribution in [0.1, 0.15) is 49.1 Å². The standard InChI is InChI=1S/C22H26OSi/c24-22(23-17-16-18-10-4-1-5-11-18)21(19-12-6-2-7-13-19)20-14-8-3-9-15-20/h2-3,6-9,12-15,18,21-22H,1,4-5,10-11H2,24H3. The summed E-state index contributed by atoms with van der Waals surface area (Å²) in [7, 11) is 0.945. The molecule has 0 saturated heterocycles. The summed E-state index contributed by atoms with van der Waals surface area (Å²) < 4.78 is 6.02. The molecule has 1 fully saturated rings. The van der Waals surface area contributed by atoms with E-state index in [4.69, 9.17) is 4.74 Å². The highest BCUT2D eigenvalue weighted by Gasteiger charge is 2.22. The van der Waals surface area contributed by atoms with Crippen molar-refractivity contribution in [3.63, 3.8) is 0 Å². The van der Waals surface area contributed by atoms with Crippen LogP contribution in [0.15, 0.2) is 60.7 Å². The van der Waals surface area contributed by atoms with Crippen molar-refractivity contribution in [3.05, 3.63) is 71.8 Å². The number of ether oxygens (including phenoxy) is 1. The van der Waals surface area contributed by atoms with Crippen molar-refractivity contribution in [1.29, 1.82) is 0 Å². The molecule has 0 radical (unpaired) electrons. The van der Waals surface area contributed by atoms with Crippen LogP contribution >= 0.6 is 0 Å². The van der Waals surface area contributed by atoms with E-state index in [1.165, 1.54) is 43.2 Å². The van der Waals surface area contributed by atoms with Crippen molar-refractivity contribution in [2.45, 2.75) is 43.7 Å². The van der Waals surface area contributed by atoms with Gasteiger partial charge in [0, 0.05) is 11.8 Å². The van der Waals surface area contributed by atoms with Gasteiger partial charge in [0.15, 0.2) is 0 Å². The average Bonchev–Trinajstić information content (AvgIpc) is 2.65. The van der Waals surface area contributed by atoms with Crippen LogP contribution in [-0.4, -0.2) is 16.0 Å². The predicted molar refractivity (Wildman–Crippen MR) is 104 cm³/mol. The van der Waals surface area contributed by atoms with E-state index in [1.807, 2.05) is 0 Å². The van der Waals surface area contributed by atoms with Crippen LogP contribution in [0.2, 0.25) is 0 Å². The van der Waals surface area contributed by atoms with E-state index in [2.05, 4.69) is 72.7 Å². The monoisotopic (exact) mass is 334 g/mol. The molecule has 1 saturated carbocycles. The SMILES string of the molecule is [SiH3]C(OC#CC1CCCCC1)C(c1ccccc1)c1ccccc1.